The van der Waals surface area contributed by atoms with Gasteiger partial charge in [0.2, 0.25) is 5.91 Å². The van der Waals surface area contributed by atoms with Gasteiger partial charge in [-0.05, 0) is 37.6 Å². The number of aromatic nitrogens is 1. The van der Waals surface area contributed by atoms with Crippen LogP contribution in [0.5, 0.6) is 5.75 Å². The van der Waals surface area contributed by atoms with Gasteiger partial charge >= 0.3 is 0 Å². The molecule has 27 heavy (non-hydrogen) atoms. The van der Waals surface area contributed by atoms with Crippen LogP contribution in [0, 0.1) is 19.7 Å². The van der Waals surface area contributed by atoms with Gasteiger partial charge in [0, 0.05) is 37.6 Å². The first-order chi connectivity index (χ1) is 12.9. The first kappa shape index (κ1) is 18.9. The van der Waals surface area contributed by atoms with Gasteiger partial charge < -0.3 is 19.5 Å². The average molecular weight is 373 g/mol. The summed E-state index contributed by atoms with van der Waals surface area (Å²) in [6.07, 6.45) is 0.130. The van der Waals surface area contributed by atoms with Gasteiger partial charge in [0.05, 0.1) is 19.1 Å². The van der Waals surface area contributed by atoms with Crippen molar-refractivity contribution in [2.45, 2.75) is 20.3 Å². The molecule has 144 valence electrons. The molecule has 3 rings (SSSR count). The number of piperazine rings is 1. The maximum atomic E-state index is 13.8. The smallest absolute Gasteiger partial charge is 0.255 e. The largest absolute Gasteiger partial charge is 0.494 e. The fourth-order valence-electron chi connectivity index (χ4n) is 3.38. The minimum atomic E-state index is -0.476. The zero-order valence-corrected chi connectivity index (χ0v) is 15.8. The Morgan fingerprint density at radius 3 is 2.33 bits per heavy atom. The average Bonchev–Trinajstić information content (AvgIpc) is 2.99. The molecule has 2 amide bonds. The standard InChI is InChI=1S/C20H24FN3O3/c1-13-10-16(14(2)22-13)20(26)24-8-6-23(7-9-24)19(25)12-15-4-5-18(27-3)17(21)11-15/h4-5,10-11,22H,6-9,12H2,1-3H3. The van der Waals surface area contributed by atoms with Crippen LogP contribution in [-0.4, -0.2) is 59.9 Å². The number of aromatic amines is 1. The van der Waals surface area contributed by atoms with E-state index in [-0.39, 0.29) is 24.0 Å². The number of ether oxygens (including phenoxy) is 1. The van der Waals surface area contributed by atoms with Gasteiger partial charge in [0.15, 0.2) is 11.6 Å². The molecule has 0 unspecified atom stereocenters. The van der Waals surface area contributed by atoms with Crippen LogP contribution in [0.2, 0.25) is 0 Å². The summed E-state index contributed by atoms with van der Waals surface area (Å²) < 4.78 is 18.7. The van der Waals surface area contributed by atoms with Gasteiger partial charge in [0.1, 0.15) is 0 Å². The minimum Gasteiger partial charge on any atom is -0.494 e. The number of benzene rings is 1. The van der Waals surface area contributed by atoms with Crippen LogP contribution >= 0.6 is 0 Å². The molecule has 0 saturated carbocycles. The maximum Gasteiger partial charge on any atom is 0.255 e. The van der Waals surface area contributed by atoms with Crippen molar-refractivity contribution in [3.05, 3.63) is 52.6 Å². The molecular weight excluding hydrogens is 349 g/mol. The Kier molecular flexibility index (Phi) is 5.48. The molecule has 1 aliphatic rings. The molecule has 0 atom stereocenters. The third-order valence-corrected chi connectivity index (χ3v) is 4.87. The van der Waals surface area contributed by atoms with Crippen molar-refractivity contribution in [3.63, 3.8) is 0 Å². The number of carbonyl (C=O) groups is 2. The number of amides is 2. The lowest BCUT2D eigenvalue weighted by Crippen LogP contribution is -2.51. The molecule has 1 aromatic heterocycles. The van der Waals surface area contributed by atoms with Crippen molar-refractivity contribution in [2.24, 2.45) is 0 Å². The first-order valence-corrected chi connectivity index (χ1v) is 8.94. The predicted octanol–water partition coefficient (Wildman–Crippen LogP) is 2.31. The van der Waals surface area contributed by atoms with Gasteiger partial charge in [-0.25, -0.2) is 4.39 Å². The minimum absolute atomic E-state index is 0.0128. The van der Waals surface area contributed by atoms with Crippen LogP contribution in [0.4, 0.5) is 4.39 Å². The van der Waals surface area contributed by atoms with Crippen LogP contribution in [0.1, 0.15) is 27.3 Å². The summed E-state index contributed by atoms with van der Waals surface area (Å²) in [6.45, 7) is 5.74. The molecule has 0 radical (unpaired) electrons. The second-order valence-electron chi connectivity index (χ2n) is 6.81. The molecule has 0 aliphatic carbocycles. The fourth-order valence-corrected chi connectivity index (χ4v) is 3.38. The van der Waals surface area contributed by atoms with E-state index in [9.17, 15) is 14.0 Å². The summed E-state index contributed by atoms with van der Waals surface area (Å²) in [5.41, 5.74) is 3.10. The molecule has 7 heteroatoms. The number of nitrogens with zero attached hydrogens (tertiary/aromatic N) is 2. The maximum absolute atomic E-state index is 13.8. The Balaban J connectivity index is 1.57. The van der Waals surface area contributed by atoms with Crippen LogP contribution in [-0.2, 0) is 11.2 Å². The summed E-state index contributed by atoms with van der Waals surface area (Å²) in [5.74, 6) is -0.398. The Morgan fingerprint density at radius 1 is 1.11 bits per heavy atom. The predicted molar refractivity (Wildman–Crippen MR) is 99.4 cm³/mol. The number of halogens is 1. The topological polar surface area (TPSA) is 65.6 Å². The second kappa shape index (κ2) is 7.82. The molecule has 0 bridgehead atoms. The van der Waals surface area contributed by atoms with Crippen LogP contribution < -0.4 is 4.74 Å². The van der Waals surface area contributed by atoms with Crippen molar-refractivity contribution < 1.29 is 18.7 Å². The molecule has 1 saturated heterocycles. The van der Waals surface area contributed by atoms with Crippen molar-refractivity contribution in [3.8, 4) is 5.75 Å². The summed E-state index contributed by atoms with van der Waals surface area (Å²) in [6, 6.07) is 6.40. The molecule has 6 nitrogen and oxygen atoms in total. The normalized spacial score (nSPS) is 14.4. The molecule has 1 aliphatic heterocycles. The lowest BCUT2D eigenvalue weighted by molar-refractivity contribution is -0.131. The van der Waals surface area contributed by atoms with Gasteiger partial charge in [-0.1, -0.05) is 6.07 Å². The van der Waals surface area contributed by atoms with Gasteiger partial charge in [-0.2, -0.15) is 0 Å². The summed E-state index contributed by atoms with van der Waals surface area (Å²) in [5, 5.41) is 0. The lowest BCUT2D eigenvalue weighted by atomic mass is 10.1. The quantitative estimate of drug-likeness (QED) is 0.894. The lowest BCUT2D eigenvalue weighted by Gasteiger charge is -2.35. The monoisotopic (exact) mass is 373 g/mol. The van der Waals surface area contributed by atoms with Crippen LogP contribution in [0.25, 0.3) is 0 Å². The van der Waals surface area contributed by atoms with Gasteiger partial charge in [-0.15, -0.1) is 0 Å². The molecule has 0 spiro atoms. The van der Waals surface area contributed by atoms with E-state index >= 15 is 0 Å². The Labute approximate surface area is 157 Å². The number of hydrogen-bond acceptors (Lipinski definition) is 3. The van der Waals surface area contributed by atoms with Crippen LogP contribution in [0.15, 0.2) is 24.3 Å². The zero-order valence-electron chi connectivity index (χ0n) is 15.8. The van der Waals surface area contributed by atoms with E-state index in [4.69, 9.17) is 4.74 Å². The van der Waals surface area contributed by atoms with E-state index in [0.717, 1.165) is 11.4 Å². The van der Waals surface area contributed by atoms with Crippen molar-refractivity contribution in [2.75, 3.05) is 33.3 Å². The zero-order chi connectivity index (χ0) is 19.6. The number of nitrogens with one attached hydrogen (secondary N) is 1. The Morgan fingerprint density at radius 2 is 1.78 bits per heavy atom. The summed E-state index contributed by atoms with van der Waals surface area (Å²) >= 11 is 0. The highest BCUT2D eigenvalue weighted by Crippen LogP contribution is 2.19. The third kappa shape index (κ3) is 4.13. The molecule has 1 fully saturated rings. The highest BCUT2D eigenvalue weighted by molar-refractivity contribution is 5.95. The molecule has 1 N–H and O–H groups in total. The van der Waals surface area contributed by atoms with E-state index in [2.05, 4.69) is 4.98 Å². The van der Waals surface area contributed by atoms with E-state index in [1.165, 1.54) is 19.2 Å². The number of rotatable bonds is 4. The number of carbonyl (C=O) groups excluding carboxylic acids is 2. The van der Waals surface area contributed by atoms with Crippen LogP contribution in [0.3, 0.4) is 0 Å². The number of H-pyrrole nitrogens is 1. The van der Waals surface area contributed by atoms with E-state index in [0.29, 0.717) is 37.3 Å². The number of hydrogen-bond donors (Lipinski definition) is 1. The van der Waals surface area contributed by atoms with E-state index in [1.807, 2.05) is 19.9 Å². The summed E-state index contributed by atoms with van der Waals surface area (Å²) in [7, 11) is 1.40. The highest BCUT2D eigenvalue weighted by Gasteiger charge is 2.26. The highest BCUT2D eigenvalue weighted by atomic mass is 19.1. The molecular formula is C20H24FN3O3. The number of methoxy groups -OCH3 is 1. The Hall–Kier alpha value is -2.83. The SMILES string of the molecule is COc1ccc(CC(=O)N2CCN(C(=O)c3cc(C)[nH]c3C)CC2)cc1F. The van der Waals surface area contributed by atoms with Crippen molar-refractivity contribution in [1.82, 2.24) is 14.8 Å². The Bertz CT molecular complexity index is 854. The number of aryl methyl sites for hydroxylation is 2. The molecule has 1 aromatic carbocycles. The van der Waals surface area contributed by atoms with E-state index < -0.39 is 5.82 Å². The van der Waals surface area contributed by atoms with Crippen molar-refractivity contribution >= 4 is 11.8 Å². The molecule has 2 heterocycles. The van der Waals surface area contributed by atoms with E-state index in [1.54, 1.807) is 15.9 Å². The van der Waals surface area contributed by atoms with Crippen molar-refractivity contribution in [1.29, 1.82) is 0 Å². The molecule has 2 aromatic rings. The fraction of sp³-hybridized carbons (Fsp3) is 0.400. The second-order valence-corrected chi connectivity index (χ2v) is 6.81. The summed E-state index contributed by atoms with van der Waals surface area (Å²) in [4.78, 5) is 31.8. The third-order valence-electron chi connectivity index (χ3n) is 4.87. The van der Waals surface area contributed by atoms with Gasteiger partial charge in [0.25, 0.3) is 5.91 Å². The van der Waals surface area contributed by atoms with Gasteiger partial charge in [-0.3, -0.25) is 9.59 Å². The first-order valence-electron chi connectivity index (χ1n) is 8.94.